The van der Waals surface area contributed by atoms with E-state index in [0.717, 1.165) is 5.56 Å². The number of amides is 1. The second-order valence-electron chi connectivity index (χ2n) is 3.86. The van der Waals surface area contributed by atoms with Crippen LogP contribution in [0.4, 0.5) is 4.79 Å². The summed E-state index contributed by atoms with van der Waals surface area (Å²) in [5.74, 6) is 1.30. The Bertz CT molecular complexity index is 405. The third-order valence-electron chi connectivity index (χ3n) is 2.74. The lowest BCUT2D eigenvalue weighted by atomic mass is 9.99. The highest BCUT2D eigenvalue weighted by Crippen LogP contribution is 2.43. The van der Waals surface area contributed by atoms with Crippen molar-refractivity contribution in [2.24, 2.45) is 0 Å². The summed E-state index contributed by atoms with van der Waals surface area (Å²) in [5, 5.41) is 19.0. The van der Waals surface area contributed by atoms with E-state index in [1.807, 2.05) is 24.4 Å². The molecule has 1 aromatic carbocycles. The molecule has 17 heavy (non-hydrogen) atoms. The molecule has 1 heterocycles. The Morgan fingerprint density at radius 1 is 1.41 bits per heavy atom. The average molecular weight is 239 g/mol. The largest absolute Gasteiger partial charge is 0.504 e. The summed E-state index contributed by atoms with van der Waals surface area (Å²) in [6, 6.07) is 5.51. The number of carbonyl (C=O) groups is 1. The fourth-order valence-electron chi connectivity index (χ4n) is 1.57. The number of phenols is 1. The summed E-state index contributed by atoms with van der Waals surface area (Å²) >= 11 is 0. The molecule has 1 aliphatic rings. The van der Waals surface area contributed by atoms with Gasteiger partial charge in [0.05, 0.1) is 0 Å². The Hall–Kier alpha value is -1.91. The minimum Gasteiger partial charge on any atom is -0.504 e. The van der Waals surface area contributed by atoms with Crippen molar-refractivity contribution in [1.29, 1.82) is 0 Å². The highest BCUT2D eigenvalue weighted by molar-refractivity contribution is 5.63. The van der Waals surface area contributed by atoms with E-state index in [2.05, 4.69) is 6.92 Å². The van der Waals surface area contributed by atoms with E-state index < -0.39 is 6.09 Å². The normalized spacial score (nSPS) is 20.6. The molecule has 0 bridgehead atoms. The molecule has 0 spiro atoms. The molecule has 1 aromatic rings. The SMILES string of the molecule is CC1Oc2c(O)cccc2C1C.CNC(=O)O. The second-order valence-corrected chi connectivity index (χ2v) is 3.86. The molecular weight excluding hydrogens is 222 g/mol. The summed E-state index contributed by atoms with van der Waals surface area (Å²) in [4.78, 5) is 9.26. The molecule has 2 atom stereocenters. The molecule has 0 aliphatic carbocycles. The van der Waals surface area contributed by atoms with E-state index in [9.17, 15) is 9.90 Å². The minimum atomic E-state index is -0.995. The summed E-state index contributed by atoms with van der Waals surface area (Å²) in [6.45, 7) is 4.13. The van der Waals surface area contributed by atoms with Crippen molar-refractivity contribution in [1.82, 2.24) is 5.32 Å². The Balaban J connectivity index is 0.000000249. The van der Waals surface area contributed by atoms with Crippen molar-refractivity contribution in [3.05, 3.63) is 23.8 Å². The van der Waals surface area contributed by atoms with Gasteiger partial charge in [-0.05, 0) is 13.0 Å². The molecule has 1 amide bonds. The molecular formula is C12H17NO4. The standard InChI is InChI=1S/C10H12O2.C2H5NO2/c1-6-7(2)12-10-8(6)4-3-5-9(10)11;1-3-2(4)5/h3-7,11H,1-2H3;3H,1H3,(H,4,5). The lowest BCUT2D eigenvalue weighted by Crippen LogP contribution is -2.13. The molecule has 3 N–H and O–H groups in total. The number of benzene rings is 1. The zero-order chi connectivity index (χ0) is 13.0. The van der Waals surface area contributed by atoms with Gasteiger partial charge < -0.3 is 20.3 Å². The van der Waals surface area contributed by atoms with Crippen LogP contribution in [0.5, 0.6) is 11.5 Å². The van der Waals surface area contributed by atoms with E-state index in [4.69, 9.17) is 9.84 Å². The van der Waals surface area contributed by atoms with Crippen molar-refractivity contribution in [2.75, 3.05) is 7.05 Å². The number of nitrogens with one attached hydrogen (secondary N) is 1. The third-order valence-corrected chi connectivity index (χ3v) is 2.74. The van der Waals surface area contributed by atoms with Crippen molar-refractivity contribution >= 4 is 6.09 Å². The van der Waals surface area contributed by atoms with E-state index >= 15 is 0 Å². The Morgan fingerprint density at radius 3 is 2.47 bits per heavy atom. The number of fused-ring (bicyclic) bond motifs is 1. The maximum Gasteiger partial charge on any atom is 0.404 e. The van der Waals surface area contributed by atoms with Crippen LogP contribution in [0.25, 0.3) is 0 Å². The summed E-state index contributed by atoms with van der Waals surface area (Å²) in [6.07, 6.45) is -0.821. The van der Waals surface area contributed by atoms with Crippen LogP contribution in [0.15, 0.2) is 18.2 Å². The van der Waals surface area contributed by atoms with E-state index in [1.165, 1.54) is 7.05 Å². The predicted octanol–water partition coefficient (Wildman–Crippen LogP) is 2.16. The topological polar surface area (TPSA) is 78.8 Å². The zero-order valence-corrected chi connectivity index (χ0v) is 10.1. The molecule has 1 aliphatic heterocycles. The van der Waals surface area contributed by atoms with Gasteiger partial charge in [-0.2, -0.15) is 0 Å². The predicted molar refractivity (Wildman–Crippen MR) is 63.7 cm³/mol. The van der Waals surface area contributed by atoms with Crippen molar-refractivity contribution in [3.8, 4) is 11.5 Å². The lowest BCUT2D eigenvalue weighted by molar-refractivity contribution is 0.197. The molecule has 0 aromatic heterocycles. The first-order valence-electron chi connectivity index (χ1n) is 5.36. The number of para-hydroxylation sites is 1. The number of carboxylic acid groups (broad SMARTS) is 1. The van der Waals surface area contributed by atoms with Crippen LogP contribution in [0.2, 0.25) is 0 Å². The average Bonchev–Trinajstić information content (AvgIpc) is 2.59. The van der Waals surface area contributed by atoms with Gasteiger partial charge >= 0.3 is 6.09 Å². The molecule has 0 radical (unpaired) electrons. The molecule has 2 rings (SSSR count). The Kier molecular flexibility index (Phi) is 4.20. The van der Waals surface area contributed by atoms with Crippen LogP contribution in [0.1, 0.15) is 25.3 Å². The second kappa shape index (κ2) is 5.43. The quantitative estimate of drug-likeness (QED) is 0.648. The van der Waals surface area contributed by atoms with E-state index in [1.54, 1.807) is 6.07 Å². The molecule has 5 nitrogen and oxygen atoms in total. The highest BCUT2D eigenvalue weighted by Gasteiger charge is 2.29. The van der Waals surface area contributed by atoms with Gasteiger partial charge in [-0.1, -0.05) is 19.1 Å². The number of aromatic hydroxyl groups is 1. The molecule has 5 heteroatoms. The Labute approximate surface area is 100 Å². The van der Waals surface area contributed by atoms with Crippen molar-refractivity contribution in [3.63, 3.8) is 0 Å². The first kappa shape index (κ1) is 13.2. The number of rotatable bonds is 0. The number of hydrogen-bond donors (Lipinski definition) is 3. The van der Waals surface area contributed by atoms with Gasteiger partial charge in [0, 0.05) is 18.5 Å². The van der Waals surface area contributed by atoms with Gasteiger partial charge in [0.2, 0.25) is 0 Å². The van der Waals surface area contributed by atoms with E-state index in [0.29, 0.717) is 11.7 Å². The number of hydrogen-bond acceptors (Lipinski definition) is 3. The zero-order valence-electron chi connectivity index (χ0n) is 10.1. The summed E-state index contributed by atoms with van der Waals surface area (Å²) in [7, 11) is 1.35. The van der Waals surface area contributed by atoms with Gasteiger partial charge in [-0.15, -0.1) is 0 Å². The number of phenolic OH excluding ortho intramolecular Hbond substituents is 1. The van der Waals surface area contributed by atoms with Gasteiger partial charge in [0.15, 0.2) is 11.5 Å². The molecule has 0 saturated heterocycles. The smallest absolute Gasteiger partial charge is 0.404 e. The first-order chi connectivity index (χ1) is 7.97. The van der Waals surface area contributed by atoms with Crippen LogP contribution < -0.4 is 10.1 Å². The molecule has 0 saturated carbocycles. The van der Waals surface area contributed by atoms with Crippen molar-refractivity contribution in [2.45, 2.75) is 25.9 Å². The maximum atomic E-state index is 9.44. The van der Waals surface area contributed by atoms with Crippen LogP contribution >= 0.6 is 0 Å². The lowest BCUT2D eigenvalue weighted by Gasteiger charge is -2.07. The van der Waals surface area contributed by atoms with Gasteiger partial charge in [-0.3, -0.25) is 0 Å². The molecule has 0 fully saturated rings. The van der Waals surface area contributed by atoms with Crippen LogP contribution in [0, 0.1) is 0 Å². The summed E-state index contributed by atoms with van der Waals surface area (Å²) < 4.78 is 5.50. The fourth-order valence-corrected chi connectivity index (χ4v) is 1.57. The minimum absolute atomic E-state index is 0.174. The van der Waals surface area contributed by atoms with Crippen LogP contribution in [-0.2, 0) is 0 Å². The number of ether oxygens (including phenoxy) is 1. The Morgan fingerprint density at radius 2 is 2.00 bits per heavy atom. The highest BCUT2D eigenvalue weighted by atomic mass is 16.5. The van der Waals surface area contributed by atoms with Crippen molar-refractivity contribution < 1.29 is 19.7 Å². The van der Waals surface area contributed by atoms with Crippen LogP contribution in [0.3, 0.4) is 0 Å². The van der Waals surface area contributed by atoms with Gasteiger partial charge in [0.25, 0.3) is 0 Å². The fraction of sp³-hybridized carbons (Fsp3) is 0.417. The summed E-state index contributed by atoms with van der Waals surface area (Å²) in [5.41, 5.74) is 1.11. The van der Waals surface area contributed by atoms with Gasteiger partial charge in [-0.25, -0.2) is 4.79 Å². The van der Waals surface area contributed by atoms with E-state index in [-0.39, 0.29) is 11.9 Å². The maximum absolute atomic E-state index is 9.44. The molecule has 94 valence electrons. The van der Waals surface area contributed by atoms with Gasteiger partial charge in [0.1, 0.15) is 6.10 Å². The molecule has 2 unspecified atom stereocenters. The monoisotopic (exact) mass is 239 g/mol. The third kappa shape index (κ3) is 3.03. The van der Waals surface area contributed by atoms with Crippen LogP contribution in [-0.4, -0.2) is 29.5 Å². The first-order valence-corrected chi connectivity index (χ1v) is 5.36.